The van der Waals surface area contributed by atoms with Crippen molar-refractivity contribution in [3.63, 3.8) is 0 Å². The molecular formula is C23H21N5O6. The summed E-state index contributed by atoms with van der Waals surface area (Å²) in [5, 5.41) is 4.13. The Bertz CT molecular complexity index is 1170. The fourth-order valence-corrected chi connectivity index (χ4v) is 4.51. The van der Waals surface area contributed by atoms with Gasteiger partial charge in [0, 0.05) is 32.0 Å². The Morgan fingerprint density at radius 3 is 2.26 bits per heavy atom. The molecule has 1 aromatic heterocycles. The van der Waals surface area contributed by atoms with Gasteiger partial charge in [0.25, 0.3) is 11.8 Å². The maximum Gasteiger partial charge on any atom is 0.328 e. The van der Waals surface area contributed by atoms with Crippen LogP contribution in [0.15, 0.2) is 42.6 Å². The third-order valence-corrected chi connectivity index (χ3v) is 6.21. The molecule has 6 amide bonds. The van der Waals surface area contributed by atoms with Gasteiger partial charge in [-0.15, -0.1) is 0 Å². The van der Waals surface area contributed by atoms with E-state index >= 15 is 0 Å². The SMILES string of the molecule is O=C1NC(=O)C2(CCC(=O)N2c2ccc(Oc3ccc(CN4CCCC4=O)cc3)nc2)C(=O)N1. The number of rotatable bonds is 5. The second-order valence-electron chi connectivity index (χ2n) is 8.35. The summed E-state index contributed by atoms with van der Waals surface area (Å²) in [5.41, 5.74) is -0.604. The number of anilines is 1. The normalized spacial score (nSPS) is 19.6. The molecule has 2 aromatic rings. The van der Waals surface area contributed by atoms with E-state index in [0.29, 0.717) is 18.7 Å². The fourth-order valence-electron chi connectivity index (χ4n) is 4.51. The lowest BCUT2D eigenvalue weighted by atomic mass is 9.92. The van der Waals surface area contributed by atoms with Crippen LogP contribution in [0.5, 0.6) is 11.6 Å². The number of carbonyl (C=O) groups excluding carboxylic acids is 5. The predicted octanol–water partition coefficient (Wildman–Crippen LogP) is 1.23. The van der Waals surface area contributed by atoms with E-state index < -0.39 is 29.3 Å². The molecule has 3 fully saturated rings. The van der Waals surface area contributed by atoms with Crippen LogP contribution in [0, 0.1) is 0 Å². The van der Waals surface area contributed by atoms with Crippen LogP contribution in [0.3, 0.4) is 0 Å². The smallest absolute Gasteiger partial charge is 0.328 e. The van der Waals surface area contributed by atoms with Gasteiger partial charge >= 0.3 is 6.03 Å². The molecular weight excluding hydrogens is 442 g/mol. The van der Waals surface area contributed by atoms with Crippen molar-refractivity contribution >= 4 is 35.3 Å². The molecule has 0 atom stereocenters. The van der Waals surface area contributed by atoms with Crippen molar-refractivity contribution in [2.75, 3.05) is 11.4 Å². The minimum Gasteiger partial charge on any atom is -0.439 e. The molecule has 1 spiro atoms. The molecule has 0 aliphatic carbocycles. The molecule has 174 valence electrons. The molecule has 0 saturated carbocycles. The average Bonchev–Trinajstić information content (AvgIpc) is 3.38. The number of aromatic nitrogens is 1. The quantitative estimate of drug-likeness (QED) is 0.636. The zero-order valence-corrected chi connectivity index (χ0v) is 18.1. The highest BCUT2D eigenvalue weighted by atomic mass is 16.5. The molecule has 34 heavy (non-hydrogen) atoms. The number of barbiturate groups is 1. The van der Waals surface area contributed by atoms with Gasteiger partial charge in [-0.1, -0.05) is 12.1 Å². The summed E-state index contributed by atoms with van der Waals surface area (Å²) in [6.07, 6.45) is 2.75. The van der Waals surface area contributed by atoms with Gasteiger partial charge in [-0.25, -0.2) is 9.78 Å². The van der Waals surface area contributed by atoms with Crippen LogP contribution in [0.4, 0.5) is 10.5 Å². The summed E-state index contributed by atoms with van der Waals surface area (Å²) in [4.78, 5) is 68.1. The molecule has 2 N–H and O–H groups in total. The zero-order valence-electron chi connectivity index (χ0n) is 18.1. The molecule has 3 saturated heterocycles. The van der Waals surface area contributed by atoms with E-state index in [-0.39, 0.29) is 30.3 Å². The second-order valence-corrected chi connectivity index (χ2v) is 8.35. The number of hydrogen-bond acceptors (Lipinski definition) is 7. The van der Waals surface area contributed by atoms with E-state index in [9.17, 15) is 24.0 Å². The molecule has 4 heterocycles. The summed E-state index contributed by atoms with van der Waals surface area (Å²) in [6.45, 7) is 1.33. The standard InChI is InChI=1S/C23H21N5O6/c29-18-2-1-11-27(18)13-14-3-6-16(7-4-14)34-17-8-5-15(12-24-17)28-19(30)9-10-23(28)20(31)25-22(33)26-21(23)32/h3-8,12H,1-2,9-11,13H2,(H2,25,26,31,32,33). The summed E-state index contributed by atoms with van der Waals surface area (Å²) in [6, 6.07) is 9.44. The largest absolute Gasteiger partial charge is 0.439 e. The lowest BCUT2D eigenvalue weighted by molar-refractivity contribution is -0.138. The minimum atomic E-state index is -1.83. The number of carbonyl (C=O) groups is 5. The van der Waals surface area contributed by atoms with Gasteiger partial charge in [0.05, 0.1) is 11.9 Å². The van der Waals surface area contributed by atoms with E-state index in [2.05, 4.69) is 15.6 Å². The van der Waals surface area contributed by atoms with Gasteiger partial charge in [-0.05, 0) is 36.6 Å². The maximum absolute atomic E-state index is 12.6. The van der Waals surface area contributed by atoms with Gasteiger partial charge < -0.3 is 9.64 Å². The first-order valence-electron chi connectivity index (χ1n) is 10.9. The Morgan fingerprint density at radius 2 is 1.65 bits per heavy atom. The molecule has 3 aliphatic rings. The Kier molecular flexibility index (Phi) is 5.23. The highest BCUT2D eigenvalue weighted by molar-refractivity contribution is 6.28. The van der Waals surface area contributed by atoms with Crippen molar-refractivity contribution < 1.29 is 28.7 Å². The Morgan fingerprint density at radius 1 is 0.912 bits per heavy atom. The van der Waals surface area contributed by atoms with E-state index in [4.69, 9.17) is 4.74 Å². The van der Waals surface area contributed by atoms with Crippen LogP contribution < -0.4 is 20.3 Å². The first-order valence-corrected chi connectivity index (χ1v) is 10.9. The van der Waals surface area contributed by atoms with Crippen molar-refractivity contribution in [1.82, 2.24) is 20.5 Å². The number of hydrogen-bond donors (Lipinski definition) is 2. The number of pyridine rings is 1. The van der Waals surface area contributed by atoms with Crippen molar-refractivity contribution in [1.29, 1.82) is 0 Å². The number of benzene rings is 1. The monoisotopic (exact) mass is 463 g/mol. The zero-order chi connectivity index (χ0) is 23.9. The summed E-state index contributed by atoms with van der Waals surface area (Å²) >= 11 is 0. The number of urea groups is 1. The third-order valence-electron chi connectivity index (χ3n) is 6.21. The van der Waals surface area contributed by atoms with Crippen molar-refractivity contribution in [2.45, 2.75) is 37.8 Å². The maximum atomic E-state index is 12.6. The van der Waals surface area contributed by atoms with E-state index in [1.165, 1.54) is 18.3 Å². The molecule has 11 nitrogen and oxygen atoms in total. The van der Waals surface area contributed by atoms with Crippen LogP contribution in [0.1, 0.15) is 31.2 Å². The fraction of sp³-hybridized carbons (Fsp3) is 0.304. The van der Waals surface area contributed by atoms with Crippen molar-refractivity contribution in [2.24, 2.45) is 0 Å². The topological polar surface area (TPSA) is 138 Å². The van der Waals surface area contributed by atoms with Crippen molar-refractivity contribution in [3.05, 3.63) is 48.2 Å². The molecule has 0 unspecified atom stereocenters. The second kappa shape index (κ2) is 8.25. The molecule has 5 rings (SSSR count). The molecule has 0 radical (unpaired) electrons. The number of nitrogens with zero attached hydrogens (tertiary/aromatic N) is 3. The Balaban J connectivity index is 1.30. The van der Waals surface area contributed by atoms with Gasteiger partial charge in [0.2, 0.25) is 23.2 Å². The van der Waals surface area contributed by atoms with Crippen molar-refractivity contribution in [3.8, 4) is 11.6 Å². The van der Waals surface area contributed by atoms with E-state index in [0.717, 1.165) is 23.4 Å². The number of ether oxygens (including phenoxy) is 1. The van der Waals surface area contributed by atoms with Gasteiger partial charge in [0.15, 0.2) is 0 Å². The molecule has 0 bridgehead atoms. The van der Waals surface area contributed by atoms with Crippen LogP contribution in [0.25, 0.3) is 0 Å². The minimum absolute atomic E-state index is 0.0251. The van der Waals surface area contributed by atoms with Crippen LogP contribution in [-0.4, -0.2) is 51.6 Å². The lowest BCUT2D eigenvalue weighted by Gasteiger charge is -2.37. The number of amides is 6. The van der Waals surface area contributed by atoms with Gasteiger partial charge in [-0.2, -0.15) is 0 Å². The van der Waals surface area contributed by atoms with Gasteiger partial charge in [0.1, 0.15) is 5.75 Å². The van der Waals surface area contributed by atoms with Crippen LogP contribution >= 0.6 is 0 Å². The molecule has 3 aliphatic heterocycles. The van der Waals surface area contributed by atoms with Crippen LogP contribution in [-0.2, 0) is 25.7 Å². The Hall–Kier alpha value is -4.28. The number of nitrogens with one attached hydrogen (secondary N) is 2. The lowest BCUT2D eigenvalue weighted by Crippen LogP contribution is -2.72. The van der Waals surface area contributed by atoms with E-state index in [1.54, 1.807) is 12.1 Å². The van der Waals surface area contributed by atoms with Crippen LogP contribution in [0.2, 0.25) is 0 Å². The van der Waals surface area contributed by atoms with Gasteiger partial charge in [-0.3, -0.25) is 34.7 Å². The number of likely N-dealkylation sites (tertiary alicyclic amines) is 1. The Labute approximate surface area is 194 Å². The first kappa shape index (κ1) is 21.6. The van der Waals surface area contributed by atoms with E-state index in [1.807, 2.05) is 17.0 Å². The molecule has 1 aromatic carbocycles. The number of imide groups is 2. The molecule has 11 heteroatoms. The summed E-state index contributed by atoms with van der Waals surface area (Å²) in [7, 11) is 0. The average molecular weight is 463 g/mol. The third kappa shape index (κ3) is 3.64. The predicted molar refractivity (Wildman–Crippen MR) is 117 cm³/mol. The summed E-state index contributed by atoms with van der Waals surface area (Å²) in [5.74, 6) is -1.17. The highest BCUT2D eigenvalue weighted by Crippen LogP contribution is 2.37. The first-order chi connectivity index (χ1) is 16.4. The summed E-state index contributed by atoms with van der Waals surface area (Å²) < 4.78 is 5.76. The highest BCUT2D eigenvalue weighted by Gasteiger charge is 2.60.